The van der Waals surface area contributed by atoms with Gasteiger partial charge in [0.1, 0.15) is 5.75 Å². The van der Waals surface area contributed by atoms with E-state index in [2.05, 4.69) is 19.9 Å². The second kappa shape index (κ2) is 10.4. The van der Waals surface area contributed by atoms with E-state index >= 15 is 0 Å². The molecule has 0 bridgehead atoms. The average molecular weight is 543 g/mol. The van der Waals surface area contributed by atoms with Gasteiger partial charge in [0.2, 0.25) is 0 Å². The van der Waals surface area contributed by atoms with Gasteiger partial charge in [-0.25, -0.2) is 8.42 Å². The smallest absolute Gasteiger partial charge is 0.416 e. The van der Waals surface area contributed by atoms with Crippen LogP contribution in [-0.4, -0.2) is 30.2 Å². The van der Waals surface area contributed by atoms with E-state index < -0.39 is 21.8 Å². The van der Waals surface area contributed by atoms with Gasteiger partial charge in [0.15, 0.2) is 5.82 Å². The van der Waals surface area contributed by atoms with E-state index in [9.17, 15) is 21.6 Å². The van der Waals surface area contributed by atoms with Crippen molar-refractivity contribution in [2.45, 2.75) is 37.8 Å². The Bertz CT molecular complexity index is 1540. The minimum Gasteiger partial charge on any atom is -0.493 e. The summed E-state index contributed by atoms with van der Waals surface area (Å²) in [6.45, 7) is 2.07. The Balaban J connectivity index is 0.00000336. The van der Waals surface area contributed by atoms with Crippen LogP contribution in [0.2, 0.25) is 0 Å². The summed E-state index contributed by atoms with van der Waals surface area (Å²) in [4.78, 5) is 4.23. The number of fused-ring (bicyclic) bond motifs is 1. The van der Waals surface area contributed by atoms with Crippen LogP contribution in [0.1, 0.15) is 42.1 Å². The highest BCUT2D eigenvalue weighted by atomic mass is 32.2. The number of benzene rings is 2. The van der Waals surface area contributed by atoms with Crippen molar-refractivity contribution in [1.82, 2.24) is 15.2 Å². The SMILES string of the molecule is C.Cc1ccc(-c2cc(C(F)(F)F)ccc2[C@H]2CCOc3cc(S(=O)(=O)Nc4cccnn4)ccc32)cn1. The molecule has 2 aromatic carbocycles. The summed E-state index contributed by atoms with van der Waals surface area (Å²) < 4.78 is 74.6. The summed E-state index contributed by atoms with van der Waals surface area (Å²) in [5, 5.41) is 7.40. The van der Waals surface area contributed by atoms with Crippen molar-refractivity contribution >= 4 is 15.8 Å². The fourth-order valence-electron chi connectivity index (χ4n) is 4.33. The van der Waals surface area contributed by atoms with Gasteiger partial charge in [0.05, 0.1) is 17.1 Å². The molecule has 1 aliphatic rings. The molecule has 1 aliphatic heterocycles. The number of pyridine rings is 1. The molecule has 0 unspecified atom stereocenters. The summed E-state index contributed by atoms with van der Waals surface area (Å²) in [5.41, 5.74) is 2.34. The summed E-state index contributed by atoms with van der Waals surface area (Å²) in [6, 6.07) is 14.7. The molecule has 0 saturated heterocycles. The third-order valence-corrected chi connectivity index (χ3v) is 7.48. The highest BCUT2D eigenvalue weighted by Crippen LogP contribution is 2.44. The predicted molar refractivity (Wildman–Crippen MR) is 137 cm³/mol. The van der Waals surface area contributed by atoms with Gasteiger partial charge in [-0.05, 0) is 60.9 Å². The third-order valence-electron chi connectivity index (χ3n) is 6.12. The number of aromatic nitrogens is 3. The molecule has 0 spiro atoms. The highest BCUT2D eigenvalue weighted by molar-refractivity contribution is 7.92. The molecule has 0 saturated carbocycles. The van der Waals surface area contributed by atoms with Gasteiger partial charge in [0, 0.05) is 41.2 Å². The number of anilines is 1. The van der Waals surface area contributed by atoms with Crippen LogP contribution in [-0.2, 0) is 16.2 Å². The van der Waals surface area contributed by atoms with Gasteiger partial charge in [-0.3, -0.25) is 9.71 Å². The first-order chi connectivity index (χ1) is 17.6. The van der Waals surface area contributed by atoms with Crippen LogP contribution < -0.4 is 9.46 Å². The van der Waals surface area contributed by atoms with Crippen molar-refractivity contribution in [2.24, 2.45) is 0 Å². The summed E-state index contributed by atoms with van der Waals surface area (Å²) in [5.74, 6) is 0.110. The zero-order valence-electron chi connectivity index (χ0n) is 19.5. The van der Waals surface area contributed by atoms with Crippen molar-refractivity contribution < 1.29 is 26.3 Å². The number of nitrogens with zero attached hydrogens (tertiary/aromatic N) is 3. The standard InChI is InChI=1S/C26H21F3N4O3S.CH4/c1-16-4-5-17(15-30-16)23-13-18(26(27,28)29)6-8-20(23)21-10-12-36-24-14-19(7-9-22(21)24)37(34,35)33-25-3-2-11-31-32-25;/h2-9,11,13-15,21H,10,12H2,1H3,(H,32,33);1H4/t21-;/m1./s1. The number of aryl methyl sites for hydroxylation is 1. The fraction of sp³-hybridized carbons (Fsp3) is 0.222. The minimum absolute atomic E-state index is 0. The predicted octanol–water partition coefficient (Wildman–Crippen LogP) is 6.22. The van der Waals surface area contributed by atoms with E-state index in [-0.39, 0.29) is 30.7 Å². The van der Waals surface area contributed by atoms with Crippen molar-refractivity contribution in [2.75, 3.05) is 11.3 Å². The zero-order valence-corrected chi connectivity index (χ0v) is 20.3. The maximum atomic E-state index is 13.6. The first-order valence-corrected chi connectivity index (χ1v) is 12.8. The molecule has 11 heteroatoms. The molecule has 2 aromatic heterocycles. The number of sulfonamides is 1. The Hall–Kier alpha value is -3.99. The Morgan fingerprint density at radius 2 is 1.82 bits per heavy atom. The topological polar surface area (TPSA) is 94.1 Å². The van der Waals surface area contributed by atoms with Crippen LogP contribution in [0.15, 0.2) is 78.0 Å². The van der Waals surface area contributed by atoms with E-state index in [1.54, 1.807) is 37.4 Å². The second-order valence-corrected chi connectivity index (χ2v) is 10.3. The molecule has 0 fully saturated rings. The minimum atomic E-state index is -4.50. The number of alkyl halides is 3. The molecule has 0 amide bonds. The van der Waals surface area contributed by atoms with E-state index in [4.69, 9.17) is 4.74 Å². The molecule has 0 radical (unpaired) electrons. The van der Waals surface area contributed by atoms with E-state index in [0.29, 0.717) is 34.4 Å². The van der Waals surface area contributed by atoms with E-state index in [1.807, 2.05) is 0 Å². The molecule has 3 heterocycles. The summed E-state index contributed by atoms with van der Waals surface area (Å²) in [7, 11) is -3.97. The Morgan fingerprint density at radius 3 is 2.50 bits per heavy atom. The summed E-state index contributed by atoms with van der Waals surface area (Å²) >= 11 is 0. The Labute approximate surface area is 218 Å². The number of halogens is 3. The maximum absolute atomic E-state index is 13.6. The van der Waals surface area contributed by atoms with E-state index in [1.165, 1.54) is 30.5 Å². The van der Waals surface area contributed by atoms with Crippen LogP contribution in [0.4, 0.5) is 19.0 Å². The zero-order chi connectivity index (χ0) is 26.2. The molecular weight excluding hydrogens is 517 g/mol. The monoisotopic (exact) mass is 542 g/mol. The molecule has 1 atom stereocenters. The third kappa shape index (κ3) is 5.47. The second-order valence-electron chi connectivity index (χ2n) is 8.59. The van der Waals surface area contributed by atoms with Crippen LogP contribution in [0, 0.1) is 6.92 Å². The number of hydrogen-bond donors (Lipinski definition) is 1. The normalized spacial score (nSPS) is 15.1. The van der Waals surface area contributed by atoms with Gasteiger partial charge in [-0.1, -0.05) is 25.6 Å². The lowest BCUT2D eigenvalue weighted by molar-refractivity contribution is -0.137. The molecule has 5 rings (SSSR count). The van der Waals surface area contributed by atoms with Gasteiger partial charge >= 0.3 is 6.18 Å². The fourth-order valence-corrected chi connectivity index (χ4v) is 5.34. The van der Waals surface area contributed by atoms with Crippen molar-refractivity contribution in [3.63, 3.8) is 0 Å². The lowest BCUT2D eigenvalue weighted by Crippen LogP contribution is -2.19. The lowest BCUT2D eigenvalue weighted by Gasteiger charge is -2.29. The molecule has 4 aromatic rings. The number of nitrogens with one attached hydrogen (secondary N) is 1. The quantitative estimate of drug-likeness (QED) is 0.322. The van der Waals surface area contributed by atoms with Crippen LogP contribution in [0.25, 0.3) is 11.1 Å². The van der Waals surface area contributed by atoms with Crippen LogP contribution >= 0.6 is 0 Å². The van der Waals surface area contributed by atoms with Crippen molar-refractivity contribution in [3.8, 4) is 16.9 Å². The average Bonchev–Trinajstić information content (AvgIpc) is 2.88. The first kappa shape index (κ1) is 27.1. The van der Waals surface area contributed by atoms with Crippen molar-refractivity contribution in [1.29, 1.82) is 0 Å². The largest absolute Gasteiger partial charge is 0.493 e. The van der Waals surface area contributed by atoms with Gasteiger partial charge in [0.25, 0.3) is 10.0 Å². The summed E-state index contributed by atoms with van der Waals surface area (Å²) in [6.07, 6.45) is -1.01. The molecular formula is C27H25F3N4O3S. The molecule has 7 nitrogen and oxygen atoms in total. The van der Waals surface area contributed by atoms with Gasteiger partial charge in [-0.15, -0.1) is 5.10 Å². The van der Waals surface area contributed by atoms with Gasteiger partial charge < -0.3 is 4.74 Å². The Morgan fingerprint density at radius 1 is 1.03 bits per heavy atom. The molecule has 0 aliphatic carbocycles. The maximum Gasteiger partial charge on any atom is 0.416 e. The van der Waals surface area contributed by atoms with Crippen LogP contribution in [0.3, 0.4) is 0 Å². The number of hydrogen-bond acceptors (Lipinski definition) is 6. The van der Waals surface area contributed by atoms with Gasteiger partial charge in [-0.2, -0.15) is 18.3 Å². The highest BCUT2D eigenvalue weighted by Gasteiger charge is 2.33. The van der Waals surface area contributed by atoms with Crippen molar-refractivity contribution in [3.05, 3.63) is 95.4 Å². The Kier molecular flexibility index (Phi) is 7.41. The molecule has 38 heavy (non-hydrogen) atoms. The van der Waals surface area contributed by atoms with E-state index in [0.717, 1.165) is 17.8 Å². The molecule has 198 valence electrons. The van der Waals surface area contributed by atoms with Crippen LogP contribution in [0.5, 0.6) is 5.75 Å². The lowest BCUT2D eigenvalue weighted by atomic mass is 9.82. The first-order valence-electron chi connectivity index (χ1n) is 11.3. The molecule has 1 N–H and O–H groups in total. The number of ether oxygens (including phenoxy) is 1. The number of rotatable bonds is 5.